The molecule has 3 aliphatic rings. The summed E-state index contributed by atoms with van der Waals surface area (Å²) < 4.78 is 201. The second-order valence-corrected chi connectivity index (χ2v) is 21.1. The fraction of sp³-hybridized carbons (Fsp3) is 0.0556. The maximum atomic E-state index is 16.7. The fourth-order valence-electron chi connectivity index (χ4n) is 8.77. The van der Waals surface area contributed by atoms with Crippen LogP contribution in [-0.4, -0.2) is 65.0 Å². The number of terminal acetylenes is 3. The van der Waals surface area contributed by atoms with Crippen LogP contribution in [0.3, 0.4) is 0 Å². The van der Waals surface area contributed by atoms with Crippen LogP contribution in [0.15, 0.2) is 124 Å². The zero-order valence-electron chi connectivity index (χ0n) is 38.5. The van der Waals surface area contributed by atoms with Crippen molar-refractivity contribution in [1.29, 1.82) is 0 Å². The average molecular weight is 1100 g/mol. The van der Waals surface area contributed by atoms with Crippen LogP contribution in [-0.2, 0) is 0 Å². The molecule has 0 fully saturated rings. The molecule has 0 radical (unpaired) electrons. The van der Waals surface area contributed by atoms with Crippen molar-refractivity contribution in [3.63, 3.8) is 0 Å². The molecule has 6 heterocycles. The molecule has 0 unspecified atom stereocenters. The predicted octanol–water partition coefficient (Wildman–Crippen LogP) is 11.0. The standard InChI is InChI=1S/3C18H10F4N3.Ga/c3*1-2-7-25-18-16(21)14(19)13(15(20)17(18)22)12(10-5-3-8-23-10)11-6-4-9-24-11;/h3*1,3-6,8-9,25H,7H2;/q3*-1;+3. The van der Waals surface area contributed by atoms with E-state index in [9.17, 15) is 0 Å². The Morgan fingerprint density at radius 3 is 0.868 bits per heavy atom. The molecule has 76 heavy (non-hydrogen) atoms. The summed E-state index contributed by atoms with van der Waals surface area (Å²) >= 11 is -4.98. The van der Waals surface area contributed by atoms with E-state index in [1.807, 2.05) is 0 Å². The van der Waals surface area contributed by atoms with E-state index < -0.39 is 157 Å². The number of rotatable bonds is 15. The molecule has 6 aromatic rings. The Balaban J connectivity index is 1.39. The van der Waals surface area contributed by atoms with E-state index in [4.69, 9.17) is 19.3 Å². The summed E-state index contributed by atoms with van der Waals surface area (Å²) in [5.41, 5.74) is -11.0. The zero-order chi connectivity index (χ0) is 54.1. The van der Waals surface area contributed by atoms with Crippen molar-refractivity contribution in [2.45, 2.75) is 0 Å². The van der Waals surface area contributed by atoms with Crippen LogP contribution in [0, 0.1) is 107 Å². The Morgan fingerprint density at radius 1 is 0.408 bits per heavy atom. The maximum absolute atomic E-state index is 16.7. The van der Waals surface area contributed by atoms with Crippen LogP contribution in [0.4, 0.5) is 69.7 Å². The van der Waals surface area contributed by atoms with Crippen LogP contribution in [0.2, 0.25) is 0 Å². The molecule has 0 bridgehead atoms. The summed E-state index contributed by atoms with van der Waals surface area (Å²) in [6.07, 6.45) is 31.1. The Morgan fingerprint density at radius 2 is 0.658 bits per heavy atom. The number of allylic oxidation sites excluding steroid dienone is 6. The van der Waals surface area contributed by atoms with Crippen molar-refractivity contribution in [3.05, 3.63) is 212 Å². The van der Waals surface area contributed by atoms with E-state index >= 15 is 52.7 Å². The van der Waals surface area contributed by atoms with Gasteiger partial charge in [-0.15, -0.1) is 0 Å². The molecule has 3 N–H and O–H groups in total. The first-order chi connectivity index (χ1) is 36.7. The average Bonchev–Trinajstić information content (AvgIpc) is 4.36. The molecule has 3 aromatic carbocycles. The van der Waals surface area contributed by atoms with Gasteiger partial charge < -0.3 is 0 Å². The van der Waals surface area contributed by atoms with Crippen molar-refractivity contribution in [2.75, 3.05) is 35.6 Å². The van der Waals surface area contributed by atoms with E-state index in [2.05, 4.69) is 48.7 Å². The van der Waals surface area contributed by atoms with Gasteiger partial charge in [0.15, 0.2) is 0 Å². The van der Waals surface area contributed by atoms with Crippen LogP contribution < -0.4 is 16.0 Å². The van der Waals surface area contributed by atoms with E-state index in [0.717, 1.165) is 0 Å². The van der Waals surface area contributed by atoms with Crippen LogP contribution in [0.1, 0.15) is 33.8 Å². The summed E-state index contributed by atoms with van der Waals surface area (Å²) in [4.78, 5) is 12.7. The molecule has 22 heteroatoms. The Bertz CT molecular complexity index is 3340. The summed E-state index contributed by atoms with van der Waals surface area (Å²) in [5.74, 6) is -16.7. The number of nitrogens with one attached hydrogen (secondary N) is 3. The number of hydrogen-bond acceptors (Lipinski definition) is 6. The Hall–Kier alpha value is -9.17. The molecule has 9 nitrogen and oxygen atoms in total. The van der Waals surface area contributed by atoms with Gasteiger partial charge in [0.25, 0.3) is 0 Å². The van der Waals surface area contributed by atoms with Gasteiger partial charge in [-0.3, -0.25) is 0 Å². The van der Waals surface area contributed by atoms with Gasteiger partial charge in [0, 0.05) is 0 Å². The quantitative estimate of drug-likeness (QED) is 0.0414. The Labute approximate surface area is 429 Å². The number of aliphatic imine (C=N–C) groups is 3. The van der Waals surface area contributed by atoms with Crippen molar-refractivity contribution in [2.24, 2.45) is 15.0 Å². The van der Waals surface area contributed by atoms with Crippen molar-refractivity contribution >= 4 is 69.4 Å². The summed E-state index contributed by atoms with van der Waals surface area (Å²) in [6.45, 7) is -1.66. The van der Waals surface area contributed by atoms with E-state index in [1.165, 1.54) is 120 Å². The minimum atomic E-state index is -4.98. The molecule has 3 aromatic heterocycles. The van der Waals surface area contributed by atoms with Gasteiger partial charge >= 0.3 is 432 Å². The zero-order valence-corrected chi connectivity index (χ0v) is 41.0. The van der Waals surface area contributed by atoms with E-state index in [-0.39, 0.29) is 34.2 Å². The molecule has 0 amide bonds. The fourth-order valence-corrected chi connectivity index (χ4v) is 15.0. The molecular weight excluding hydrogens is 1070 g/mol. The topological polar surface area (TPSA) is 88.0 Å². The number of hydrogen-bond donors (Lipinski definition) is 3. The molecule has 0 spiro atoms. The number of nitrogens with zero attached hydrogens (tertiary/aromatic N) is 6. The number of aromatic nitrogens is 3. The van der Waals surface area contributed by atoms with Crippen LogP contribution in [0.25, 0.3) is 16.7 Å². The van der Waals surface area contributed by atoms with Crippen molar-refractivity contribution < 1.29 is 52.7 Å². The van der Waals surface area contributed by atoms with Gasteiger partial charge in [0.2, 0.25) is 0 Å². The monoisotopic (exact) mass is 1100 g/mol. The molecule has 378 valence electrons. The second-order valence-electron chi connectivity index (χ2n) is 16.1. The third kappa shape index (κ3) is 8.74. The minimum absolute atomic E-state index is 0.272. The van der Waals surface area contributed by atoms with Crippen LogP contribution in [0.5, 0.6) is 0 Å². The van der Waals surface area contributed by atoms with E-state index in [1.54, 1.807) is 0 Å². The first-order valence-electron chi connectivity index (χ1n) is 22.2. The molecule has 9 rings (SSSR count). The SMILES string of the molecule is C#CCNc1c(F)c(F)c(C(=C2C=CC=N2)c2ccc[n]2[Ga]([n]2cccc2C(=C2C=CC=N2)c2c(F)c(F)c(NCC#C)c(F)c2F)[n]2cccc2C(=C2C=CC=N2)c2c(F)c(F)c(NCC#C)c(F)c2F)c(F)c1F. The number of halogens is 12. The third-order valence-electron chi connectivity index (χ3n) is 11.9. The normalized spacial score (nSPS) is 15.1. The van der Waals surface area contributed by atoms with Gasteiger partial charge in [0.1, 0.15) is 0 Å². The first kappa shape index (κ1) is 51.7. The van der Waals surface area contributed by atoms with Gasteiger partial charge in [-0.05, 0) is 0 Å². The van der Waals surface area contributed by atoms with Gasteiger partial charge in [-0.2, -0.15) is 0 Å². The Kier molecular flexibility index (Phi) is 14.5. The van der Waals surface area contributed by atoms with Gasteiger partial charge in [-0.25, -0.2) is 0 Å². The molecule has 0 saturated carbocycles. The number of benzene rings is 3. The molecule has 3 aliphatic heterocycles. The molecular formula is C54H30F12GaN9. The first-order valence-corrected chi connectivity index (χ1v) is 25.4. The van der Waals surface area contributed by atoms with Crippen LogP contribution >= 0.6 is 0 Å². The van der Waals surface area contributed by atoms with E-state index in [0.29, 0.717) is 0 Å². The van der Waals surface area contributed by atoms with Crippen molar-refractivity contribution in [3.8, 4) is 37.0 Å². The second kappa shape index (κ2) is 21.4. The third-order valence-corrected chi connectivity index (χ3v) is 17.9. The van der Waals surface area contributed by atoms with Gasteiger partial charge in [-0.1, -0.05) is 0 Å². The number of anilines is 3. The molecule has 0 saturated heterocycles. The summed E-state index contributed by atoms with van der Waals surface area (Å²) in [6, 6.07) is 7.78. The van der Waals surface area contributed by atoms with Gasteiger partial charge in [0.05, 0.1) is 0 Å². The summed E-state index contributed by atoms with van der Waals surface area (Å²) in [7, 11) is 0. The summed E-state index contributed by atoms with van der Waals surface area (Å²) in [5, 5.41) is 6.36. The van der Waals surface area contributed by atoms with Crippen molar-refractivity contribution in [1.82, 2.24) is 9.82 Å². The predicted molar refractivity (Wildman–Crippen MR) is 267 cm³/mol. The molecule has 0 atom stereocenters. The molecule has 0 aliphatic carbocycles.